The van der Waals surface area contributed by atoms with Crippen LogP contribution in [0.5, 0.6) is 0 Å². The predicted octanol–water partition coefficient (Wildman–Crippen LogP) is 3.32. The highest BCUT2D eigenvalue weighted by Crippen LogP contribution is 2.36. The van der Waals surface area contributed by atoms with Crippen LogP contribution in [0.25, 0.3) is 0 Å². The molecule has 0 aliphatic rings. The molecular weight excluding hydrogens is 280 g/mol. The Balaban J connectivity index is 4.47. The Hall–Kier alpha value is -0.173. The first-order chi connectivity index (χ1) is 8.39. The smallest absolute Gasteiger partial charge is 0.264 e. The molecule has 0 rings (SSSR count). The summed E-state index contributed by atoms with van der Waals surface area (Å²) in [6, 6.07) is 0. The van der Waals surface area contributed by atoms with E-state index in [1.807, 2.05) is 6.92 Å². The van der Waals surface area contributed by atoms with E-state index in [0.717, 1.165) is 18.2 Å². The van der Waals surface area contributed by atoms with E-state index < -0.39 is 18.4 Å². The maximum absolute atomic E-state index is 10.9. The van der Waals surface area contributed by atoms with Gasteiger partial charge >= 0.3 is 0 Å². The number of hydrogen-bond donors (Lipinski definition) is 0. The summed E-state index contributed by atoms with van der Waals surface area (Å²) in [5.74, 6) is 0. The quantitative estimate of drug-likeness (QED) is 0.411. The Labute approximate surface area is 119 Å². The monoisotopic (exact) mass is 308 g/mol. The van der Waals surface area contributed by atoms with Gasteiger partial charge in [0, 0.05) is 0 Å². The van der Waals surface area contributed by atoms with Gasteiger partial charge in [0.15, 0.2) is 8.32 Å². The lowest BCUT2D eigenvalue weighted by atomic mass is 10.2. The van der Waals surface area contributed by atoms with Crippen molar-refractivity contribution in [2.24, 2.45) is 0 Å². The minimum atomic E-state index is -3.37. The minimum Gasteiger partial charge on any atom is -0.413 e. The third-order valence-corrected chi connectivity index (χ3v) is 8.58. The summed E-state index contributed by atoms with van der Waals surface area (Å²) in [5, 5.41) is 0.176. The van der Waals surface area contributed by atoms with Gasteiger partial charge in [-0.1, -0.05) is 33.8 Å². The molecule has 0 saturated heterocycles. The molecule has 0 fully saturated rings. The molecule has 0 aliphatic heterocycles. The highest BCUT2D eigenvalue weighted by atomic mass is 32.2. The van der Waals surface area contributed by atoms with Gasteiger partial charge in [-0.15, -0.1) is 0 Å². The molecule has 114 valence electrons. The van der Waals surface area contributed by atoms with Gasteiger partial charge in [-0.2, -0.15) is 8.42 Å². The van der Waals surface area contributed by atoms with Gasteiger partial charge in [0.25, 0.3) is 10.1 Å². The van der Waals surface area contributed by atoms with E-state index in [0.29, 0.717) is 6.61 Å². The molecule has 6 heteroatoms. The molecule has 0 saturated carbocycles. The first kappa shape index (κ1) is 18.8. The van der Waals surface area contributed by atoms with Crippen molar-refractivity contribution in [3.8, 4) is 0 Å². The molecule has 19 heavy (non-hydrogen) atoms. The summed E-state index contributed by atoms with van der Waals surface area (Å²) in [5.41, 5.74) is 1.08. The summed E-state index contributed by atoms with van der Waals surface area (Å²) in [7, 11) is -5.13. The average molecular weight is 309 g/mol. The van der Waals surface area contributed by atoms with Crippen LogP contribution >= 0.6 is 0 Å². The Kier molecular flexibility index (Phi) is 6.95. The van der Waals surface area contributed by atoms with E-state index in [4.69, 9.17) is 8.61 Å². The molecule has 0 spiro atoms. The van der Waals surface area contributed by atoms with Crippen molar-refractivity contribution in [1.82, 2.24) is 0 Å². The Morgan fingerprint density at radius 2 is 1.79 bits per heavy atom. The van der Waals surface area contributed by atoms with Crippen LogP contribution in [-0.4, -0.2) is 36.2 Å². The maximum atomic E-state index is 10.9. The van der Waals surface area contributed by atoms with E-state index >= 15 is 0 Å². The van der Waals surface area contributed by atoms with Crippen molar-refractivity contribution in [3.05, 3.63) is 11.6 Å². The number of hydrogen-bond acceptors (Lipinski definition) is 4. The van der Waals surface area contributed by atoms with Crippen molar-refractivity contribution < 1.29 is 17.0 Å². The van der Waals surface area contributed by atoms with Crippen molar-refractivity contribution in [3.63, 3.8) is 0 Å². The average Bonchev–Trinajstić information content (AvgIpc) is 2.19. The van der Waals surface area contributed by atoms with Gasteiger partial charge in [-0.05, 0) is 30.1 Å². The fourth-order valence-corrected chi connectivity index (χ4v) is 2.36. The van der Waals surface area contributed by atoms with Gasteiger partial charge in [-0.25, -0.2) is 0 Å². The van der Waals surface area contributed by atoms with E-state index in [-0.39, 0.29) is 11.6 Å². The maximum Gasteiger partial charge on any atom is 0.264 e. The largest absolute Gasteiger partial charge is 0.413 e. The normalized spacial score (nSPS) is 14.8. The second kappa shape index (κ2) is 7.01. The standard InChI is InChI=1S/C13H28O4SSi/c1-8-12(9-10-16-18(5,14)15)11-17-19(6,7)13(2,3)4/h9H,8,10-11H2,1-7H3/b12-9-. The van der Waals surface area contributed by atoms with Gasteiger partial charge in [0.1, 0.15) is 0 Å². The van der Waals surface area contributed by atoms with Gasteiger partial charge in [0.05, 0.1) is 19.5 Å². The third-order valence-electron chi connectivity index (χ3n) is 3.53. The first-order valence-electron chi connectivity index (χ1n) is 6.55. The van der Waals surface area contributed by atoms with Gasteiger partial charge < -0.3 is 4.43 Å². The van der Waals surface area contributed by atoms with Crippen molar-refractivity contribution >= 4 is 18.4 Å². The summed E-state index contributed by atoms with van der Waals surface area (Å²) in [6.07, 6.45) is 3.69. The predicted molar refractivity (Wildman–Crippen MR) is 82.3 cm³/mol. The highest BCUT2D eigenvalue weighted by Gasteiger charge is 2.37. The topological polar surface area (TPSA) is 52.6 Å². The van der Waals surface area contributed by atoms with Crippen molar-refractivity contribution in [2.45, 2.75) is 52.2 Å². The summed E-state index contributed by atoms with van der Waals surface area (Å²) < 4.78 is 32.6. The molecule has 0 N–H and O–H groups in total. The minimum absolute atomic E-state index is 0.0862. The SMILES string of the molecule is CC/C(=C/COS(C)(=O)=O)CO[Si](C)(C)C(C)(C)C. The number of rotatable bonds is 7. The second-order valence-electron chi connectivity index (χ2n) is 6.25. The van der Waals surface area contributed by atoms with Gasteiger partial charge in [0.2, 0.25) is 0 Å². The van der Waals surface area contributed by atoms with Crippen LogP contribution in [0.4, 0.5) is 0 Å². The van der Waals surface area contributed by atoms with E-state index in [9.17, 15) is 8.42 Å². The molecule has 0 amide bonds. The van der Waals surface area contributed by atoms with Crippen LogP contribution in [0, 0.1) is 0 Å². The van der Waals surface area contributed by atoms with E-state index in [1.165, 1.54) is 0 Å². The zero-order chi connectivity index (χ0) is 15.3. The Morgan fingerprint density at radius 1 is 1.26 bits per heavy atom. The lowest BCUT2D eigenvalue weighted by Crippen LogP contribution is -2.41. The molecule has 0 unspecified atom stereocenters. The molecule has 0 aromatic heterocycles. The molecule has 0 aromatic carbocycles. The summed E-state index contributed by atoms with van der Waals surface area (Å²) in [4.78, 5) is 0. The Morgan fingerprint density at radius 3 is 2.16 bits per heavy atom. The fourth-order valence-electron chi connectivity index (χ4n) is 1.07. The Bertz CT molecular complexity index is 405. The summed E-state index contributed by atoms with van der Waals surface area (Å²) in [6.45, 7) is 13.7. The molecule has 0 bridgehead atoms. The molecule has 0 radical (unpaired) electrons. The van der Waals surface area contributed by atoms with Crippen LogP contribution in [0.1, 0.15) is 34.1 Å². The van der Waals surface area contributed by atoms with E-state index in [1.54, 1.807) is 6.08 Å². The van der Waals surface area contributed by atoms with Crippen LogP contribution in [0.15, 0.2) is 11.6 Å². The lowest BCUT2D eigenvalue weighted by molar-refractivity contribution is 0.312. The molecule has 0 heterocycles. The van der Waals surface area contributed by atoms with Crippen molar-refractivity contribution in [1.29, 1.82) is 0 Å². The second-order valence-corrected chi connectivity index (χ2v) is 12.7. The molecule has 0 aromatic rings. The molecule has 0 atom stereocenters. The molecule has 0 aliphatic carbocycles. The zero-order valence-corrected chi connectivity index (χ0v) is 15.1. The van der Waals surface area contributed by atoms with Crippen LogP contribution in [-0.2, 0) is 18.7 Å². The van der Waals surface area contributed by atoms with Gasteiger partial charge in [-0.3, -0.25) is 4.18 Å². The molecular formula is C13H28O4SSi. The van der Waals surface area contributed by atoms with Crippen LogP contribution < -0.4 is 0 Å². The van der Waals surface area contributed by atoms with Crippen LogP contribution in [0.2, 0.25) is 18.1 Å². The van der Waals surface area contributed by atoms with Crippen LogP contribution in [0.3, 0.4) is 0 Å². The lowest BCUT2D eigenvalue weighted by Gasteiger charge is -2.36. The third kappa shape index (κ3) is 7.87. The first-order valence-corrected chi connectivity index (χ1v) is 11.3. The van der Waals surface area contributed by atoms with E-state index in [2.05, 4.69) is 33.9 Å². The summed E-state index contributed by atoms with van der Waals surface area (Å²) >= 11 is 0. The fraction of sp³-hybridized carbons (Fsp3) is 0.846. The van der Waals surface area contributed by atoms with Crippen molar-refractivity contribution in [2.75, 3.05) is 19.5 Å². The highest BCUT2D eigenvalue weighted by molar-refractivity contribution is 7.85. The molecule has 4 nitrogen and oxygen atoms in total. The zero-order valence-electron chi connectivity index (χ0n) is 13.2.